The summed E-state index contributed by atoms with van der Waals surface area (Å²) in [7, 11) is 1.33. The lowest BCUT2D eigenvalue weighted by Gasteiger charge is -1.87. The molecule has 1 aromatic heterocycles. The molecule has 1 heterocycles. The number of H-pyrrole nitrogens is 1. The molecule has 0 saturated heterocycles. The van der Waals surface area contributed by atoms with Gasteiger partial charge in [0, 0.05) is 6.08 Å². The van der Waals surface area contributed by atoms with Gasteiger partial charge in [0.05, 0.1) is 25.3 Å². The molecular weight excluding hydrogens is 180 g/mol. The number of halogens is 1. The third-order valence-corrected chi connectivity index (χ3v) is 1.12. The van der Waals surface area contributed by atoms with Gasteiger partial charge in [-0.05, 0) is 6.08 Å². The molecule has 1 N–H and O–H groups in total. The van der Waals surface area contributed by atoms with E-state index in [1.165, 1.54) is 19.5 Å². The molecule has 0 aliphatic heterocycles. The number of imidazole rings is 1. The van der Waals surface area contributed by atoms with Gasteiger partial charge in [0.25, 0.3) is 0 Å². The molecule has 0 spiro atoms. The Bertz CT molecular complexity index is 256. The Morgan fingerprint density at radius 3 is 3.00 bits per heavy atom. The predicted octanol–water partition coefficient (Wildman–Crippen LogP) is 1.02. The van der Waals surface area contributed by atoms with Crippen LogP contribution in [0.15, 0.2) is 18.6 Å². The Morgan fingerprint density at radius 1 is 1.75 bits per heavy atom. The van der Waals surface area contributed by atoms with Crippen molar-refractivity contribution in [3.8, 4) is 0 Å². The van der Waals surface area contributed by atoms with Gasteiger partial charge in [0.2, 0.25) is 0 Å². The van der Waals surface area contributed by atoms with Crippen LogP contribution in [-0.2, 0) is 9.53 Å². The Balaban J connectivity index is 0.00000121. The molecule has 0 atom stereocenters. The Morgan fingerprint density at radius 2 is 2.50 bits per heavy atom. The van der Waals surface area contributed by atoms with Crippen molar-refractivity contribution in [2.45, 2.75) is 0 Å². The Kier molecular flexibility index (Phi) is 4.79. The van der Waals surface area contributed by atoms with Gasteiger partial charge in [-0.2, -0.15) is 0 Å². The zero-order chi connectivity index (χ0) is 8.10. The molecule has 1 rings (SSSR count). The highest BCUT2D eigenvalue weighted by atomic mass is 35.5. The summed E-state index contributed by atoms with van der Waals surface area (Å²) in [5, 5.41) is 0. The van der Waals surface area contributed by atoms with Crippen molar-refractivity contribution in [3.63, 3.8) is 0 Å². The van der Waals surface area contributed by atoms with Gasteiger partial charge in [0.15, 0.2) is 0 Å². The van der Waals surface area contributed by atoms with E-state index >= 15 is 0 Å². The number of nitrogens with zero attached hydrogens (tertiary/aromatic N) is 1. The smallest absolute Gasteiger partial charge is 0.330 e. The highest BCUT2D eigenvalue weighted by Crippen LogP contribution is 1.93. The molecule has 0 aromatic carbocycles. The van der Waals surface area contributed by atoms with E-state index < -0.39 is 0 Å². The molecule has 0 fully saturated rings. The quantitative estimate of drug-likeness (QED) is 0.557. The van der Waals surface area contributed by atoms with Crippen LogP contribution < -0.4 is 0 Å². The summed E-state index contributed by atoms with van der Waals surface area (Å²) in [5.74, 6) is -0.375. The molecule has 5 heteroatoms. The first-order valence-electron chi connectivity index (χ1n) is 3.07. The van der Waals surface area contributed by atoms with E-state index in [0.717, 1.165) is 5.69 Å². The molecule has 0 radical (unpaired) electrons. The van der Waals surface area contributed by atoms with Crippen molar-refractivity contribution in [2.24, 2.45) is 0 Å². The van der Waals surface area contributed by atoms with E-state index in [2.05, 4.69) is 14.7 Å². The maximum Gasteiger partial charge on any atom is 0.330 e. The second kappa shape index (κ2) is 5.37. The van der Waals surface area contributed by atoms with Gasteiger partial charge in [-0.3, -0.25) is 0 Å². The van der Waals surface area contributed by atoms with Crippen LogP contribution in [0.25, 0.3) is 6.08 Å². The highest BCUT2D eigenvalue weighted by Gasteiger charge is 1.90. The number of ether oxygens (including phenoxy) is 1. The third kappa shape index (κ3) is 3.21. The molecule has 12 heavy (non-hydrogen) atoms. The first-order chi connectivity index (χ1) is 5.33. The van der Waals surface area contributed by atoms with Gasteiger partial charge >= 0.3 is 5.97 Å². The molecule has 0 amide bonds. The highest BCUT2D eigenvalue weighted by molar-refractivity contribution is 5.86. The molecule has 0 unspecified atom stereocenters. The number of aromatic amines is 1. The van der Waals surface area contributed by atoms with Crippen LogP contribution in [0.4, 0.5) is 0 Å². The van der Waals surface area contributed by atoms with Crippen LogP contribution in [-0.4, -0.2) is 23.0 Å². The third-order valence-electron chi connectivity index (χ3n) is 1.12. The molecule has 0 aliphatic carbocycles. The second-order valence-electron chi connectivity index (χ2n) is 1.86. The Labute approximate surface area is 76.1 Å². The van der Waals surface area contributed by atoms with Gasteiger partial charge in [-0.25, -0.2) is 9.78 Å². The second-order valence-corrected chi connectivity index (χ2v) is 1.86. The number of nitrogens with one attached hydrogen (secondary N) is 1. The van der Waals surface area contributed by atoms with Crippen LogP contribution >= 0.6 is 12.4 Å². The van der Waals surface area contributed by atoms with Crippen molar-refractivity contribution < 1.29 is 9.53 Å². The maximum atomic E-state index is 10.6. The van der Waals surface area contributed by atoms with Gasteiger partial charge in [-0.1, -0.05) is 0 Å². The topological polar surface area (TPSA) is 55.0 Å². The zero-order valence-electron chi connectivity index (χ0n) is 6.48. The SMILES string of the molecule is COC(=O)/C=C/c1cnc[nH]1.Cl. The standard InChI is InChI=1S/C7H8N2O2.ClH/c1-11-7(10)3-2-6-4-8-5-9-6;/h2-5H,1H3,(H,8,9);1H/b3-2+;. The average Bonchev–Trinajstić information content (AvgIpc) is 2.52. The van der Waals surface area contributed by atoms with E-state index in [0.29, 0.717) is 0 Å². The number of hydrogen-bond donors (Lipinski definition) is 1. The summed E-state index contributed by atoms with van der Waals surface area (Å²) in [6.45, 7) is 0. The van der Waals surface area contributed by atoms with Crippen molar-refractivity contribution in [1.82, 2.24) is 9.97 Å². The summed E-state index contributed by atoms with van der Waals surface area (Å²) in [6.07, 6.45) is 6.07. The van der Waals surface area contributed by atoms with E-state index in [-0.39, 0.29) is 18.4 Å². The van der Waals surface area contributed by atoms with Crippen molar-refractivity contribution in [1.29, 1.82) is 0 Å². The van der Waals surface area contributed by atoms with Crippen molar-refractivity contribution >= 4 is 24.5 Å². The van der Waals surface area contributed by atoms with Gasteiger partial charge in [-0.15, -0.1) is 12.4 Å². The fourth-order valence-corrected chi connectivity index (χ4v) is 0.584. The number of esters is 1. The van der Waals surface area contributed by atoms with E-state index in [4.69, 9.17) is 0 Å². The van der Waals surface area contributed by atoms with Crippen LogP contribution in [0.2, 0.25) is 0 Å². The molecule has 0 saturated carbocycles. The number of aromatic nitrogens is 2. The molecule has 1 aromatic rings. The lowest BCUT2D eigenvalue weighted by atomic mass is 10.4. The largest absolute Gasteiger partial charge is 0.466 e. The number of hydrogen-bond acceptors (Lipinski definition) is 3. The predicted molar refractivity (Wildman–Crippen MR) is 46.9 cm³/mol. The van der Waals surface area contributed by atoms with Gasteiger partial charge < -0.3 is 9.72 Å². The van der Waals surface area contributed by atoms with Crippen LogP contribution in [0.3, 0.4) is 0 Å². The summed E-state index contributed by atoms with van der Waals surface area (Å²) in [5.41, 5.74) is 0.774. The fourth-order valence-electron chi connectivity index (χ4n) is 0.584. The minimum absolute atomic E-state index is 0. The lowest BCUT2D eigenvalue weighted by molar-refractivity contribution is -0.134. The van der Waals surface area contributed by atoms with E-state index in [1.54, 1.807) is 12.3 Å². The minimum Gasteiger partial charge on any atom is -0.466 e. The average molecular weight is 189 g/mol. The zero-order valence-corrected chi connectivity index (χ0v) is 7.30. The van der Waals surface area contributed by atoms with Crippen molar-refractivity contribution in [3.05, 3.63) is 24.3 Å². The molecule has 0 aliphatic rings. The summed E-state index contributed by atoms with van der Waals surface area (Å²) in [4.78, 5) is 17.1. The number of carbonyl (C=O) groups excluding carboxylic acids is 1. The van der Waals surface area contributed by atoms with Crippen LogP contribution in [0.1, 0.15) is 5.69 Å². The molecule has 0 bridgehead atoms. The first kappa shape index (κ1) is 10.7. The maximum absolute atomic E-state index is 10.6. The van der Waals surface area contributed by atoms with Crippen LogP contribution in [0.5, 0.6) is 0 Å². The fraction of sp³-hybridized carbons (Fsp3) is 0.143. The molecule has 4 nitrogen and oxygen atoms in total. The number of carbonyl (C=O) groups is 1. The Hall–Kier alpha value is -1.29. The first-order valence-corrected chi connectivity index (χ1v) is 3.07. The molecule has 66 valence electrons. The lowest BCUT2D eigenvalue weighted by Crippen LogP contribution is -1.93. The van der Waals surface area contributed by atoms with Crippen LogP contribution in [0, 0.1) is 0 Å². The monoisotopic (exact) mass is 188 g/mol. The molecular formula is C7H9ClN2O2. The van der Waals surface area contributed by atoms with E-state index in [9.17, 15) is 4.79 Å². The normalized spacial score (nSPS) is 9.42. The summed E-state index contributed by atoms with van der Waals surface area (Å²) < 4.78 is 4.39. The number of rotatable bonds is 2. The van der Waals surface area contributed by atoms with Gasteiger partial charge in [0.1, 0.15) is 0 Å². The summed E-state index contributed by atoms with van der Waals surface area (Å²) >= 11 is 0. The minimum atomic E-state index is -0.375. The summed E-state index contributed by atoms with van der Waals surface area (Å²) in [6, 6.07) is 0. The number of methoxy groups -OCH3 is 1. The van der Waals surface area contributed by atoms with E-state index in [1.807, 2.05) is 0 Å². The van der Waals surface area contributed by atoms with Crippen molar-refractivity contribution in [2.75, 3.05) is 7.11 Å².